The fraction of sp³-hybridized carbons (Fsp3) is 0.522. The first kappa shape index (κ1) is 24.7. The van der Waals surface area contributed by atoms with E-state index in [0.29, 0.717) is 30.5 Å². The number of likely N-dealkylation sites (tertiary alicyclic amines) is 1. The average molecular weight is 566 g/mol. The van der Waals surface area contributed by atoms with Gasteiger partial charge in [-0.25, -0.2) is 0 Å². The Kier molecular flexibility index (Phi) is 6.29. The predicted molar refractivity (Wildman–Crippen MR) is 126 cm³/mol. The fourth-order valence-corrected chi connectivity index (χ4v) is 6.30. The molecule has 190 valence electrons. The summed E-state index contributed by atoms with van der Waals surface area (Å²) in [6, 6.07) is 7.12. The number of nitrogens with zero attached hydrogens (tertiary/aromatic N) is 4. The van der Waals surface area contributed by atoms with E-state index >= 15 is 0 Å². The zero-order chi connectivity index (χ0) is 25.6. The van der Waals surface area contributed by atoms with Crippen LogP contribution >= 0.6 is 0 Å². The second kappa shape index (κ2) is 9.16. The van der Waals surface area contributed by atoms with Crippen molar-refractivity contribution in [3.63, 3.8) is 0 Å². The van der Waals surface area contributed by atoms with Gasteiger partial charge in [0.05, 0.1) is 0 Å². The summed E-state index contributed by atoms with van der Waals surface area (Å²) >= 11 is -1.84. The third kappa shape index (κ3) is 4.60. The van der Waals surface area contributed by atoms with Gasteiger partial charge in [0.1, 0.15) is 0 Å². The molecule has 2 amide bonds. The summed E-state index contributed by atoms with van der Waals surface area (Å²) in [5, 5.41) is 18.1. The number of urea groups is 1. The van der Waals surface area contributed by atoms with Gasteiger partial charge in [0, 0.05) is 0 Å². The van der Waals surface area contributed by atoms with E-state index in [0.717, 1.165) is 25.9 Å². The van der Waals surface area contributed by atoms with Gasteiger partial charge in [-0.2, -0.15) is 0 Å². The van der Waals surface area contributed by atoms with Gasteiger partial charge in [0.15, 0.2) is 0 Å². The van der Waals surface area contributed by atoms with Gasteiger partial charge in [-0.15, -0.1) is 0 Å². The van der Waals surface area contributed by atoms with Crippen molar-refractivity contribution >= 4 is 36.8 Å². The summed E-state index contributed by atoms with van der Waals surface area (Å²) in [5.41, 5.74) is -0.287. The summed E-state index contributed by atoms with van der Waals surface area (Å²) in [6.07, 6.45) is 1.73. The molecule has 0 radical (unpaired) electrons. The van der Waals surface area contributed by atoms with Gasteiger partial charge in [-0.1, -0.05) is 0 Å². The molecular formula is C23H24F3N7O2Se. The Balaban J connectivity index is 1.39. The number of rotatable bonds is 5. The number of hydrogen-bond donors (Lipinski definition) is 3. The molecule has 9 nitrogen and oxygen atoms in total. The predicted octanol–water partition coefficient (Wildman–Crippen LogP) is 0.633. The molecule has 13 heteroatoms. The van der Waals surface area contributed by atoms with Crippen LogP contribution in [-0.4, -0.2) is 91.6 Å². The quantitative estimate of drug-likeness (QED) is 0.363. The molecule has 3 fully saturated rings. The Morgan fingerprint density at radius 2 is 2.19 bits per heavy atom. The van der Waals surface area contributed by atoms with Crippen LogP contribution in [0.4, 0.5) is 23.8 Å². The zero-order valence-corrected chi connectivity index (χ0v) is 21.1. The van der Waals surface area contributed by atoms with Gasteiger partial charge in [0.2, 0.25) is 0 Å². The molecule has 2 unspecified atom stereocenters. The van der Waals surface area contributed by atoms with Gasteiger partial charge in [-0.05, 0) is 0 Å². The Morgan fingerprint density at radius 3 is 2.83 bits per heavy atom. The van der Waals surface area contributed by atoms with E-state index in [-0.39, 0.29) is 22.2 Å². The van der Waals surface area contributed by atoms with E-state index in [2.05, 4.69) is 43.9 Å². The van der Waals surface area contributed by atoms with Crippen molar-refractivity contribution in [1.82, 2.24) is 25.1 Å². The van der Waals surface area contributed by atoms with Crippen molar-refractivity contribution in [2.45, 2.75) is 29.0 Å². The van der Waals surface area contributed by atoms with Crippen molar-refractivity contribution in [3.8, 4) is 17.9 Å². The number of ether oxygens (including phenoxy) is 1. The van der Waals surface area contributed by atoms with Crippen LogP contribution in [0, 0.1) is 29.1 Å². The molecule has 2 atom stereocenters. The molecule has 1 saturated carbocycles. The zero-order valence-electron chi connectivity index (χ0n) is 19.4. The minimum absolute atomic E-state index is 0.0202. The normalized spacial score (nSPS) is 24.5. The van der Waals surface area contributed by atoms with E-state index in [1.54, 1.807) is 12.1 Å². The van der Waals surface area contributed by atoms with Crippen molar-refractivity contribution in [2.24, 2.45) is 5.92 Å². The number of aromatic nitrogens is 2. The molecule has 0 spiro atoms. The molecule has 0 bridgehead atoms. The number of carbonyl (C=O) groups is 1. The maximum absolute atomic E-state index is 13.4. The third-order valence-electron chi connectivity index (χ3n) is 6.97. The van der Waals surface area contributed by atoms with Gasteiger partial charge in [-0.3, -0.25) is 0 Å². The standard InChI is InChI=1S/C23H24F3N7O2Se/c1-28-20(34)29-8-3-4-16-19(36-23(24,25)26)17-5-2-6-18(33(17)31-16)30-22-7-9-32(11-15(22)10-22)21(12-27)13-35-14-21/h2,5-6,15,30H,7-11,13-14H2,1H3,(H2,28,29,34). The van der Waals surface area contributed by atoms with Gasteiger partial charge in [0.25, 0.3) is 0 Å². The molecule has 3 N–H and O–H groups in total. The molecule has 2 aromatic rings. The van der Waals surface area contributed by atoms with Crippen molar-refractivity contribution in [1.29, 1.82) is 5.26 Å². The first-order valence-electron chi connectivity index (χ1n) is 11.4. The van der Waals surface area contributed by atoms with Crippen LogP contribution in [0.3, 0.4) is 0 Å². The minimum atomic E-state index is -4.37. The third-order valence-corrected chi connectivity index (χ3v) is 8.73. The summed E-state index contributed by atoms with van der Waals surface area (Å²) < 4.78 is 47.2. The molecule has 5 rings (SSSR count). The molecule has 36 heavy (non-hydrogen) atoms. The number of piperidine rings is 1. The van der Waals surface area contributed by atoms with E-state index in [4.69, 9.17) is 4.74 Å². The molecule has 4 heterocycles. The topological polar surface area (TPSA) is 107 Å². The number of hydrogen-bond acceptors (Lipinski definition) is 6. The SMILES string of the molecule is CNC(=O)NCC#Cc1nn2c(NC34CCN(C5(C#N)COC5)CC3C4)cccc2c1[Se]C(F)(F)F. The van der Waals surface area contributed by atoms with Crippen LogP contribution < -0.4 is 20.4 Å². The molecule has 0 aromatic carbocycles. The van der Waals surface area contributed by atoms with E-state index in [1.807, 2.05) is 6.07 Å². The maximum atomic E-state index is 13.4. The number of nitriles is 1. The number of halogens is 3. The van der Waals surface area contributed by atoms with Crippen molar-refractivity contribution < 1.29 is 22.7 Å². The second-order valence-corrected chi connectivity index (χ2v) is 11.4. The van der Waals surface area contributed by atoms with Crippen LogP contribution in [-0.2, 0) is 4.74 Å². The van der Waals surface area contributed by atoms with Crippen LogP contribution in [0.1, 0.15) is 18.5 Å². The monoisotopic (exact) mass is 567 g/mol. The first-order valence-corrected chi connectivity index (χ1v) is 13.1. The fourth-order valence-electron chi connectivity index (χ4n) is 4.87. The molecule has 2 aromatic heterocycles. The number of alkyl halides is 3. The van der Waals surface area contributed by atoms with Gasteiger partial charge >= 0.3 is 212 Å². The Morgan fingerprint density at radius 1 is 1.39 bits per heavy atom. The van der Waals surface area contributed by atoms with E-state index < -0.39 is 31.6 Å². The number of carbonyl (C=O) groups excluding carboxylic acids is 1. The van der Waals surface area contributed by atoms with Crippen molar-refractivity contribution in [3.05, 3.63) is 23.9 Å². The molecule has 2 aliphatic heterocycles. The van der Waals surface area contributed by atoms with Gasteiger partial charge < -0.3 is 0 Å². The molecular weight excluding hydrogens is 542 g/mol. The average Bonchev–Trinajstić information content (AvgIpc) is 3.42. The number of pyridine rings is 1. The Hall–Kier alpha value is -2.96. The number of amides is 2. The number of fused-ring (bicyclic) bond motifs is 2. The number of anilines is 1. The summed E-state index contributed by atoms with van der Waals surface area (Å²) in [5.74, 6) is 6.34. The first-order chi connectivity index (χ1) is 17.2. The van der Waals surface area contributed by atoms with Crippen molar-refractivity contribution in [2.75, 3.05) is 45.2 Å². The number of nitrogens with one attached hydrogen (secondary N) is 3. The molecule has 3 aliphatic rings. The Labute approximate surface area is 211 Å². The summed E-state index contributed by atoms with van der Waals surface area (Å²) in [6.45, 7) is 2.35. The van der Waals surface area contributed by atoms with E-state index in [1.165, 1.54) is 11.6 Å². The van der Waals surface area contributed by atoms with Crippen LogP contribution in [0.15, 0.2) is 18.2 Å². The summed E-state index contributed by atoms with van der Waals surface area (Å²) in [4.78, 5) is 13.5. The van der Waals surface area contributed by atoms with Crippen LogP contribution in [0.5, 0.6) is 0 Å². The second-order valence-electron chi connectivity index (χ2n) is 9.18. The molecule has 2 saturated heterocycles. The van der Waals surface area contributed by atoms with Crippen LogP contribution in [0.2, 0.25) is 0 Å². The summed E-state index contributed by atoms with van der Waals surface area (Å²) in [7, 11) is 1.46. The Bertz CT molecular complexity index is 1290. The van der Waals surface area contributed by atoms with E-state index in [9.17, 15) is 23.2 Å². The molecule has 1 aliphatic carbocycles. The van der Waals surface area contributed by atoms with Crippen LogP contribution in [0.25, 0.3) is 5.52 Å².